The summed E-state index contributed by atoms with van der Waals surface area (Å²) in [5.74, 6) is 0. The monoisotopic (exact) mass is 296 g/mol. The quantitative estimate of drug-likeness (QED) is 0.929. The van der Waals surface area contributed by atoms with E-state index in [1.807, 2.05) is 0 Å². The molecule has 0 saturated heterocycles. The summed E-state index contributed by atoms with van der Waals surface area (Å²) < 4.78 is 46.0. The maximum absolute atomic E-state index is 13.7. The van der Waals surface area contributed by atoms with Crippen molar-refractivity contribution in [3.05, 3.63) is 71.8 Å². The molecule has 2 nitrogen and oxygen atoms in total. The normalized spacial score (nSPS) is 16.2. The van der Waals surface area contributed by atoms with Crippen molar-refractivity contribution in [2.75, 3.05) is 7.11 Å². The van der Waals surface area contributed by atoms with Gasteiger partial charge in [-0.25, -0.2) is 0 Å². The van der Waals surface area contributed by atoms with Crippen LogP contribution in [-0.4, -0.2) is 18.4 Å². The van der Waals surface area contributed by atoms with Crippen LogP contribution in [0.1, 0.15) is 17.2 Å². The van der Waals surface area contributed by atoms with E-state index in [9.17, 15) is 18.3 Å². The van der Waals surface area contributed by atoms with E-state index in [0.29, 0.717) is 0 Å². The molecule has 2 aromatic rings. The summed E-state index contributed by atoms with van der Waals surface area (Å²) in [5, 5.41) is 10.4. The maximum atomic E-state index is 13.7. The van der Waals surface area contributed by atoms with Crippen LogP contribution in [0.2, 0.25) is 0 Å². The van der Waals surface area contributed by atoms with Gasteiger partial charge in [0.25, 0.3) is 0 Å². The van der Waals surface area contributed by atoms with Crippen molar-refractivity contribution in [1.29, 1.82) is 0 Å². The highest BCUT2D eigenvalue weighted by Crippen LogP contribution is 2.49. The van der Waals surface area contributed by atoms with Crippen molar-refractivity contribution < 1.29 is 23.0 Å². The van der Waals surface area contributed by atoms with Gasteiger partial charge >= 0.3 is 6.18 Å². The molecule has 0 aromatic heterocycles. The molecule has 1 N–H and O–H groups in total. The van der Waals surface area contributed by atoms with Crippen LogP contribution in [-0.2, 0) is 10.3 Å². The van der Waals surface area contributed by atoms with Crippen molar-refractivity contribution >= 4 is 0 Å². The topological polar surface area (TPSA) is 29.5 Å². The van der Waals surface area contributed by atoms with Crippen LogP contribution in [0.15, 0.2) is 60.7 Å². The predicted octanol–water partition coefficient (Wildman–Crippen LogP) is 3.82. The zero-order valence-corrected chi connectivity index (χ0v) is 11.3. The molecule has 0 bridgehead atoms. The molecule has 0 heterocycles. The fraction of sp³-hybridized carbons (Fsp3) is 0.250. The lowest BCUT2D eigenvalue weighted by atomic mass is 9.83. The van der Waals surface area contributed by atoms with E-state index in [4.69, 9.17) is 4.74 Å². The molecule has 2 rings (SSSR count). The van der Waals surface area contributed by atoms with Gasteiger partial charge in [-0.3, -0.25) is 0 Å². The van der Waals surface area contributed by atoms with Gasteiger partial charge in [-0.2, -0.15) is 13.2 Å². The van der Waals surface area contributed by atoms with Gasteiger partial charge in [0.15, 0.2) is 0 Å². The second kappa shape index (κ2) is 5.87. The van der Waals surface area contributed by atoms with Crippen LogP contribution in [0.25, 0.3) is 0 Å². The number of alkyl halides is 3. The van der Waals surface area contributed by atoms with E-state index in [-0.39, 0.29) is 11.1 Å². The maximum Gasteiger partial charge on any atom is 0.424 e. The standard InChI is InChI=1S/C16H15F3O2/c1-21-15(16(17,18)19,13-10-6-3-7-11-13)14(20)12-8-4-2-5-9-12/h2-11,14,20H,1H3. The molecule has 5 heteroatoms. The Balaban J connectivity index is 2.62. The molecule has 112 valence electrons. The number of benzene rings is 2. The van der Waals surface area contributed by atoms with Gasteiger partial charge in [0.05, 0.1) is 0 Å². The molecule has 0 saturated carbocycles. The molecule has 2 atom stereocenters. The zero-order valence-electron chi connectivity index (χ0n) is 11.3. The number of aliphatic hydroxyl groups excluding tert-OH is 1. The Morgan fingerprint density at radius 3 is 1.81 bits per heavy atom. The van der Waals surface area contributed by atoms with Crippen LogP contribution in [0, 0.1) is 0 Å². The Morgan fingerprint density at radius 2 is 1.38 bits per heavy atom. The minimum Gasteiger partial charge on any atom is -0.385 e. The smallest absolute Gasteiger partial charge is 0.385 e. The van der Waals surface area contributed by atoms with E-state index in [0.717, 1.165) is 7.11 Å². The van der Waals surface area contributed by atoms with Gasteiger partial charge in [0.2, 0.25) is 5.60 Å². The summed E-state index contributed by atoms with van der Waals surface area (Å²) in [6.45, 7) is 0. The third-order valence-corrected chi connectivity index (χ3v) is 3.45. The van der Waals surface area contributed by atoms with E-state index in [2.05, 4.69) is 0 Å². The summed E-state index contributed by atoms with van der Waals surface area (Å²) in [7, 11) is 0.951. The lowest BCUT2D eigenvalue weighted by Crippen LogP contribution is -2.49. The zero-order chi connectivity index (χ0) is 15.5. The van der Waals surface area contributed by atoms with E-state index in [1.165, 1.54) is 36.4 Å². The third kappa shape index (κ3) is 2.66. The van der Waals surface area contributed by atoms with Gasteiger partial charge in [0, 0.05) is 7.11 Å². The first-order valence-electron chi connectivity index (χ1n) is 6.34. The highest BCUT2D eigenvalue weighted by atomic mass is 19.4. The lowest BCUT2D eigenvalue weighted by Gasteiger charge is -2.38. The second-order valence-electron chi connectivity index (χ2n) is 4.62. The van der Waals surface area contributed by atoms with Gasteiger partial charge < -0.3 is 9.84 Å². The molecule has 21 heavy (non-hydrogen) atoms. The third-order valence-electron chi connectivity index (χ3n) is 3.45. The first-order chi connectivity index (χ1) is 9.93. The molecule has 0 radical (unpaired) electrons. The highest BCUT2D eigenvalue weighted by Gasteiger charge is 2.61. The Morgan fingerprint density at radius 1 is 0.905 bits per heavy atom. The number of ether oxygens (including phenoxy) is 1. The molecule has 0 spiro atoms. The number of rotatable bonds is 4. The van der Waals surface area contributed by atoms with Crippen molar-refractivity contribution in [3.63, 3.8) is 0 Å². The Labute approximate surface area is 120 Å². The summed E-state index contributed by atoms with van der Waals surface area (Å²) in [6.07, 6.45) is -6.65. The second-order valence-corrected chi connectivity index (χ2v) is 4.62. The molecule has 0 aliphatic heterocycles. The Bertz CT molecular complexity index is 569. The minimum atomic E-state index is -4.78. The number of hydrogen-bond acceptors (Lipinski definition) is 2. The molecular formula is C16H15F3O2. The van der Waals surface area contributed by atoms with Crippen LogP contribution in [0.3, 0.4) is 0 Å². The molecule has 0 fully saturated rings. The molecule has 0 aliphatic carbocycles. The fourth-order valence-electron chi connectivity index (χ4n) is 2.38. The fourth-order valence-corrected chi connectivity index (χ4v) is 2.38. The van der Waals surface area contributed by atoms with Crippen LogP contribution in [0.5, 0.6) is 0 Å². The van der Waals surface area contributed by atoms with E-state index in [1.54, 1.807) is 24.3 Å². The highest BCUT2D eigenvalue weighted by molar-refractivity contribution is 5.31. The Hall–Kier alpha value is -1.85. The summed E-state index contributed by atoms with van der Waals surface area (Å²) in [4.78, 5) is 0. The minimum absolute atomic E-state index is 0.139. The first-order valence-corrected chi connectivity index (χ1v) is 6.34. The molecule has 2 aromatic carbocycles. The average molecular weight is 296 g/mol. The number of hydrogen-bond donors (Lipinski definition) is 1. The largest absolute Gasteiger partial charge is 0.424 e. The molecule has 0 aliphatic rings. The van der Waals surface area contributed by atoms with Gasteiger partial charge in [-0.15, -0.1) is 0 Å². The van der Waals surface area contributed by atoms with Gasteiger partial charge in [-0.05, 0) is 11.1 Å². The van der Waals surface area contributed by atoms with Crippen LogP contribution < -0.4 is 0 Å². The van der Waals surface area contributed by atoms with Gasteiger partial charge in [-0.1, -0.05) is 60.7 Å². The summed E-state index contributed by atoms with van der Waals surface area (Å²) in [5.41, 5.74) is -2.81. The Kier molecular flexibility index (Phi) is 4.34. The van der Waals surface area contributed by atoms with Crippen molar-refractivity contribution in [2.24, 2.45) is 0 Å². The number of methoxy groups -OCH3 is 1. The first kappa shape index (κ1) is 15.5. The van der Waals surface area contributed by atoms with Crippen molar-refractivity contribution in [3.8, 4) is 0 Å². The summed E-state index contributed by atoms with van der Waals surface area (Å²) >= 11 is 0. The average Bonchev–Trinajstić information content (AvgIpc) is 2.49. The molecule has 2 unspecified atom stereocenters. The van der Waals surface area contributed by atoms with Crippen LogP contribution >= 0.6 is 0 Å². The van der Waals surface area contributed by atoms with E-state index < -0.39 is 17.9 Å². The van der Waals surface area contributed by atoms with Crippen LogP contribution in [0.4, 0.5) is 13.2 Å². The molecule has 0 amide bonds. The SMILES string of the molecule is COC(c1ccccc1)(C(O)c1ccccc1)C(F)(F)F. The summed E-state index contributed by atoms with van der Waals surface area (Å²) in [6, 6.07) is 14.8. The number of halogens is 3. The van der Waals surface area contributed by atoms with Crippen molar-refractivity contribution in [2.45, 2.75) is 17.9 Å². The lowest BCUT2D eigenvalue weighted by molar-refractivity contribution is -0.309. The number of aliphatic hydroxyl groups is 1. The predicted molar refractivity (Wildman–Crippen MR) is 72.6 cm³/mol. The van der Waals surface area contributed by atoms with Gasteiger partial charge in [0.1, 0.15) is 6.10 Å². The van der Waals surface area contributed by atoms with E-state index >= 15 is 0 Å². The molecular weight excluding hydrogens is 281 g/mol. The van der Waals surface area contributed by atoms with Crippen molar-refractivity contribution in [1.82, 2.24) is 0 Å².